The minimum absolute atomic E-state index is 0.0544. The summed E-state index contributed by atoms with van der Waals surface area (Å²) in [7, 11) is 0. The van der Waals surface area contributed by atoms with Gasteiger partial charge in [0.2, 0.25) is 5.91 Å². The number of carbonyl (C=O) groups is 3. The summed E-state index contributed by atoms with van der Waals surface area (Å²) in [6.07, 6.45) is 0.303. The molecule has 146 valence electrons. The van der Waals surface area contributed by atoms with E-state index in [4.69, 9.17) is 28.9 Å². The van der Waals surface area contributed by atoms with Crippen molar-refractivity contribution in [1.29, 1.82) is 0 Å². The summed E-state index contributed by atoms with van der Waals surface area (Å²) < 4.78 is 0. The Kier molecular flexibility index (Phi) is 5.78. The number of anilines is 1. The minimum atomic E-state index is -1.20. The molecule has 8 nitrogen and oxygen atoms in total. The van der Waals surface area contributed by atoms with Crippen LogP contribution in [0.3, 0.4) is 0 Å². The van der Waals surface area contributed by atoms with Gasteiger partial charge in [-0.25, -0.2) is 4.79 Å². The third-order valence-corrected chi connectivity index (χ3v) is 5.41. The number of rotatable bonds is 5. The SMILES string of the molecule is NCC1(CCC(=O)N2CCN(c3cc(Cl)cc(Cl)c3)CC2)NC(=O)NC1=O. The van der Waals surface area contributed by atoms with Gasteiger partial charge in [-0.05, 0) is 24.6 Å². The molecule has 2 aliphatic heterocycles. The van der Waals surface area contributed by atoms with Gasteiger partial charge in [-0.15, -0.1) is 0 Å². The average Bonchev–Trinajstić information content (AvgIpc) is 2.93. The highest BCUT2D eigenvalue weighted by molar-refractivity contribution is 6.35. The standard InChI is InChI=1S/C17H21Cl2N5O3/c18-11-7-12(19)9-13(8-11)23-3-5-24(6-4-23)14(25)1-2-17(10-20)15(26)21-16(27)22-17/h7-9H,1-6,10,20H2,(H2,21,22,26,27). The number of piperazine rings is 1. The predicted molar refractivity (Wildman–Crippen MR) is 103 cm³/mol. The molecule has 1 atom stereocenters. The van der Waals surface area contributed by atoms with Crippen molar-refractivity contribution in [2.75, 3.05) is 37.6 Å². The van der Waals surface area contributed by atoms with Crippen LogP contribution in [-0.4, -0.2) is 61.0 Å². The van der Waals surface area contributed by atoms with Crippen molar-refractivity contribution in [2.45, 2.75) is 18.4 Å². The van der Waals surface area contributed by atoms with E-state index in [2.05, 4.69) is 15.5 Å². The normalized spacial score (nSPS) is 22.6. The van der Waals surface area contributed by atoms with Crippen molar-refractivity contribution < 1.29 is 14.4 Å². The monoisotopic (exact) mass is 413 g/mol. The molecule has 4 N–H and O–H groups in total. The predicted octanol–water partition coefficient (Wildman–Crippen LogP) is 0.959. The smallest absolute Gasteiger partial charge is 0.322 e. The molecule has 1 aromatic rings. The number of carbonyl (C=O) groups excluding carboxylic acids is 3. The molecule has 2 fully saturated rings. The fourth-order valence-corrected chi connectivity index (χ4v) is 3.88. The fourth-order valence-electron chi connectivity index (χ4n) is 3.36. The van der Waals surface area contributed by atoms with Gasteiger partial charge < -0.3 is 20.9 Å². The third kappa shape index (κ3) is 4.28. The molecule has 1 aromatic carbocycles. The molecular formula is C17H21Cl2N5O3. The summed E-state index contributed by atoms with van der Waals surface area (Å²) in [5, 5.41) is 5.85. The van der Waals surface area contributed by atoms with E-state index in [1.165, 1.54) is 0 Å². The number of nitrogens with one attached hydrogen (secondary N) is 2. The molecule has 0 radical (unpaired) electrons. The summed E-state index contributed by atoms with van der Waals surface area (Å²) in [4.78, 5) is 39.7. The van der Waals surface area contributed by atoms with Crippen LogP contribution in [0.1, 0.15) is 12.8 Å². The lowest BCUT2D eigenvalue weighted by molar-refractivity contribution is -0.132. The molecule has 0 spiro atoms. The van der Waals surface area contributed by atoms with E-state index in [9.17, 15) is 14.4 Å². The zero-order chi connectivity index (χ0) is 19.6. The molecule has 2 saturated heterocycles. The number of nitrogens with zero attached hydrogens (tertiary/aromatic N) is 2. The molecule has 2 aliphatic rings. The van der Waals surface area contributed by atoms with Crippen molar-refractivity contribution in [2.24, 2.45) is 5.73 Å². The molecule has 10 heteroatoms. The van der Waals surface area contributed by atoms with E-state index in [0.29, 0.717) is 36.2 Å². The minimum Gasteiger partial charge on any atom is -0.368 e. The first-order valence-electron chi connectivity index (χ1n) is 8.65. The number of hydrogen-bond donors (Lipinski definition) is 3. The Hall–Kier alpha value is -2.03. The lowest BCUT2D eigenvalue weighted by Gasteiger charge is -2.36. The van der Waals surface area contributed by atoms with Gasteiger partial charge in [0.25, 0.3) is 5.91 Å². The molecule has 3 rings (SSSR count). The highest BCUT2D eigenvalue weighted by atomic mass is 35.5. The summed E-state index contributed by atoms with van der Waals surface area (Å²) in [5.41, 5.74) is 5.39. The second-order valence-electron chi connectivity index (χ2n) is 6.69. The first-order valence-corrected chi connectivity index (χ1v) is 9.41. The maximum absolute atomic E-state index is 12.5. The summed E-state index contributed by atoms with van der Waals surface area (Å²) in [6, 6.07) is 4.79. The zero-order valence-corrected chi connectivity index (χ0v) is 16.1. The number of nitrogens with two attached hydrogens (primary N) is 1. The van der Waals surface area contributed by atoms with E-state index < -0.39 is 17.5 Å². The first-order chi connectivity index (χ1) is 12.8. The summed E-state index contributed by atoms with van der Waals surface area (Å²) >= 11 is 12.1. The Labute approximate surface area is 166 Å². The lowest BCUT2D eigenvalue weighted by Crippen LogP contribution is -2.54. The number of amides is 4. The molecule has 4 amide bonds. The van der Waals surface area contributed by atoms with Crippen molar-refractivity contribution in [3.8, 4) is 0 Å². The highest BCUT2D eigenvalue weighted by Gasteiger charge is 2.45. The number of imide groups is 1. The van der Waals surface area contributed by atoms with E-state index in [1.54, 1.807) is 11.0 Å². The topological polar surface area (TPSA) is 108 Å². The molecule has 0 saturated carbocycles. The van der Waals surface area contributed by atoms with Gasteiger partial charge in [-0.2, -0.15) is 0 Å². The van der Waals surface area contributed by atoms with Crippen LogP contribution in [0.25, 0.3) is 0 Å². The van der Waals surface area contributed by atoms with E-state index in [1.807, 2.05) is 12.1 Å². The quantitative estimate of drug-likeness (QED) is 0.623. The lowest BCUT2D eigenvalue weighted by atomic mass is 9.93. The maximum Gasteiger partial charge on any atom is 0.322 e. The van der Waals surface area contributed by atoms with Crippen LogP contribution >= 0.6 is 23.2 Å². The van der Waals surface area contributed by atoms with E-state index in [0.717, 1.165) is 5.69 Å². The van der Waals surface area contributed by atoms with Gasteiger partial charge in [0, 0.05) is 54.9 Å². The summed E-state index contributed by atoms with van der Waals surface area (Å²) in [5.74, 6) is -0.550. The van der Waals surface area contributed by atoms with E-state index in [-0.39, 0.29) is 25.3 Å². The highest BCUT2D eigenvalue weighted by Crippen LogP contribution is 2.26. The molecule has 27 heavy (non-hydrogen) atoms. The Balaban J connectivity index is 1.54. The molecular weight excluding hydrogens is 393 g/mol. The van der Waals surface area contributed by atoms with Gasteiger partial charge in [-0.3, -0.25) is 14.9 Å². The largest absolute Gasteiger partial charge is 0.368 e. The second kappa shape index (κ2) is 7.92. The van der Waals surface area contributed by atoms with Gasteiger partial charge in [0.05, 0.1) is 0 Å². The van der Waals surface area contributed by atoms with Gasteiger partial charge in [0.1, 0.15) is 5.54 Å². The van der Waals surface area contributed by atoms with Crippen LogP contribution in [0.5, 0.6) is 0 Å². The number of benzene rings is 1. The summed E-state index contributed by atoms with van der Waals surface area (Å²) in [6.45, 7) is 2.36. The third-order valence-electron chi connectivity index (χ3n) is 4.97. The average molecular weight is 414 g/mol. The van der Waals surface area contributed by atoms with Crippen molar-refractivity contribution in [3.05, 3.63) is 28.2 Å². The molecule has 2 heterocycles. The van der Waals surface area contributed by atoms with Crippen LogP contribution in [0.2, 0.25) is 10.0 Å². The number of hydrogen-bond acceptors (Lipinski definition) is 5. The van der Waals surface area contributed by atoms with Crippen molar-refractivity contribution in [1.82, 2.24) is 15.5 Å². The Morgan fingerprint density at radius 3 is 2.26 bits per heavy atom. The Morgan fingerprint density at radius 2 is 1.74 bits per heavy atom. The molecule has 0 aromatic heterocycles. The van der Waals surface area contributed by atoms with Crippen molar-refractivity contribution in [3.63, 3.8) is 0 Å². The van der Waals surface area contributed by atoms with Crippen molar-refractivity contribution >= 4 is 46.7 Å². The van der Waals surface area contributed by atoms with Crippen LogP contribution < -0.4 is 21.3 Å². The van der Waals surface area contributed by atoms with Crippen LogP contribution in [0.4, 0.5) is 10.5 Å². The molecule has 1 unspecified atom stereocenters. The second-order valence-corrected chi connectivity index (χ2v) is 7.56. The first kappa shape index (κ1) is 19.7. The zero-order valence-electron chi connectivity index (χ0n) is 14.6. The Bertz CT molecular complexity index is 747. The van der Waals surface area contributed by atoms with E-state index >= 15 is 0 Å². The van der Waals surface area contributed by atoms with Crippen LogP contribution in [0.15, 0.2) is 18.2 Å². The maximum atomic E-state index is 12.5. The molecule has 0 bridgehead atoms. The van der Waals surface area contributed by atoms with Crippen LogP contribution in [-0.2, 0) is 9.59 Å². The molecule has 0 aliphatic carbocycles. The van der Waals surface area contributed by atoms with Gasteiger partial charge >= 0.3 is 6.03 Å². The van der Waals surface area contributed by atoms with Gasteiger partial charge in [-0.1, -0.05) is 23.2 Å². The van der Waals surface area contributed by atoms with Crippen LogP contribution in [0, 0.1) is 0 Å². The number of urea groups is 1. The number of halogens is 2. The fraction of sp³-hybridized carbons (Fsp3) is 0.471. The van der Waals surface area contributed by atoms with Gasteiger partial charge in [0.15, 0.2) is 0 Å². The Morgan fingerprint density at radius 1 is 1.11 bits per heavy atom.